The topological polar surface area (TPSA) is 96.3 Å². The summed E-state index contributed by atoms with van der Waals surface area (Å²) in [4.78, 5) is 24.6. The van der Waals surface area contributed by atoms with Gasteiger partial charge < -0.3 is 5.11 Å². The number of aryl methyl sites for hydroxylation is 1. The summed E-state index contributed by atoms with van der Waals surface area (Å²) in [6, 6.07) is 15.2. The first-order valence-electron chi connectivity index (χ1n) is 7.98. The van der Waals surface area contributed by atoms with E-state index in [0.717, 1.165) is 5.69 Å². The molecule has 0 aliphatic heterocycles. The molecule has 0 aliphatic rings. The lowest BCUT2D eigenvalue weighted by atomic mass is 10.2. The predicted molar refractivity (Wildman–Crippen MR) is 96.1 cm³/mol. The maximum Gasteiger partial charge on any atom is 0.273 e. The van der Waals surface area contributed by atoms with Crippen molar-refractivity contribution >= 4 is 11.8 Å². The molecule has 0 saturated heterocycles. The minimum Gasteiger partial charge on any atom is -0.508 e. The molecule has 0 unspecified atom stereocenters. The molecule has 2 amide bonds. The summed E-state index contributed by atoms with van der Waals surface area (Å²) in [5.41, 5.74) is 7.56. The molecule has 0 radical (unpaired) electrons. The van der Waals surface area contributed by atoms with Gasteiger partial charge in [-0.3, -0.25) is 20.4 Å². The highest BCUT2D eigenvalue weighted by Gasteiger charge is 2.20. The second-order valence-electron chi connectivity index (χ2n) is 5.75. The van der Waals surface area contributed by atoms with Gasteiger partial charge in [-0.05, 0) is 50.2 Å². The largest absolute Gasteiger partial charge is 0.508 e. The Hall–Kier alpha value is -3.61. The fraction of sp³-hybridized carbons (Fsp3) is 0.105. The van der Waals surface area contributed by atoms with Crippen molar-refractivity contribution in [1.29, 1.82) is 0 Å². The first kappa shape index (κ1) is 17.2. The quantitative estimate of drug-likeness (QED) is 0.631. The zero-order valence-corrected chi connectivity index (χ0v) is 14.4. The Kier molecular flexibility index (Phi) is 4.70. The average molecular weight is 350 g/mol. The summed E-state index contributed by atoms with van der Waals surface area (Å²) in [5.74, 6) is -0.872. The standard InChI is InChI=1S/C19H18N4O3/c1-12-17(13(2)23(22-12)15-6-4-3-5-7-15)19(26)21-20-18(25)14-8-10-16(24)11-9-14/h3-11,24H,1-2H3,(H,20,25)(H,21,26). The summed E-state index contributed by atoms with van der Waals surface area (Å²) in [5, 5.41) is 13.7. The number of hydrogen-bond acceptors (Lipinski definition) is 4. The third-order valence-corrected chi connectivity index (χ3v) is 3.94. The van der Waals surface area contributed by atoms with Gasteiger partial charge in [0.25, 0.3) is 11.8 Å². The number of nitrogens with zero attached hydrogens (tertiary/aromatic N) is 2. The van der Waals surface area contributed by atoms with E-state index in [-0.39, 0.29) is 5.75 Å². The SMILES string of the molecule is Cc1nn(-c2ccccc2)c(C)c1C(=O)NNC(=O)c1ccc(O)cc1. The van der Waals surface area contributed by atoms with Crippen molar-refractivity contribution in [1.82, 2.24) is 20.6 Å². The fourth-order valence-corrected chi connectivity index (χ4v) is 2.65. The molecular formula is C19H18N4O3. The van der Waals surface area contributed by atoms with Crippen LogP contribution in [0.25, 0.3) is 5.69 Å². The molecule has 0 aliphatic carbocycles. The highest BCUT2D eigenvalue weighted by molar-refractivity contribution is 6.00. The Morgan fingerprint density at radius 3 is 2.19 bits per heavy atom. The molecule has 26 heavy (non-hydrogen) atoms. The third-order valence-electron chi connectivity index (χ3n) is 3.94. The number of carbonyl (C=O) groups is 2. The smallest absolute Gasteiger partial charge is 0.273 e. The van der Waals surface area contributed by atoms with Crippen LogP contribution in [-0.4, -0.2) is 26.7 Å². The molecule has 2 aromatic carbocycles. The monoisotopic (exact) mass is 350 g/mol. The third kappa shape index (κ3) is 3.41. The van der Waals surface area contributed by atoms with E-state index in [1.54, 1.807) is 18.5 Å². The van der Waals surface area contributed by atoms with Crippen molar-refractivity contribution in [3.63, 3.8) is 0 Å². The van der Waals surface area contributed by atoms with Gasteiger partial charge in [0.05, 0.1) is 22.6 Å². The predicted octanol–water partition coefficient (Wildman–Crippen LogP) is 2.27. The Labute approximate surface area is 150 Å². The van der Waals surface area contributed by atoms with Crippen molar-refractivity contribution in [3.05, 3.63) is 77.1 Å². The first-order valence-corrected chi connectivity index (χ1v) is 7.98. The number of para-hydroxylation sites is 1. The van der Waals surface area contributed by atoms with E-state index in [0.29, 0.717) is 22.5 Å². The van der Waals surface area contributed by atoms with E-state index in [1.807, 2.05) is 30.3 Å². The molecule has 0 bridgehead atoms. The van der Waals surface area contributed by atoms with Crippen molar-refractivity contribution in [2.45, 2.75) is 13.8 Å². The number of phenols is 1. The molecule has 7 heteroatoms. The van der Waals surface area contributed by atoms with Crippen LogP contribution in [0.3, 0.4) is 0 Å². The number of hydrogen-bond donors (Lipinski definition) is 3. The number of aromatic hydroxyl groups is 1. The lowest BCUT2D eigenvalue weighted by molar-refractivity contribution is 0.0846. The van der Waals surface area contributed by atoms with Gasteiger partial charge in [0.2, 0.25) is 0 Å². The summed E-state index contributed by atoms with van der Waals surface area (Å²) < 4.78 is 1.69. The van der Waals surface area contributed by atoms with Gasteiger partial charge in [0.15, 0.2) is 0 Å². The minimum absolute atomic E-state index is 0.0603. The van der Waals surface area contributed by atoms with Crippen LogP contribution < -0.4 is 10.9 Å². The second-order valence-corrected chi connectivity index (χ2v) is 5.75. The Balaban J connectivity index is 1.75. The maximum atomic E-state index is 12.5. The van der Waals surface area contributed by atoms with Crippen LogP contribution in [0.15, 0.2) is 54.6 Å². The number of aromatic nitrogens is 2. The molecule has 132 valence electrons. The van der Waals surface area contributed by atoms with Gasteiger partial charge in [0.1, 0.15) is 5.75 Å². The van der Waals surface area contributed by atoms with E-state index in [4.69, 9.17) is 0 Å². The number of benzene rings is 2. The van der Waals surface area contributed by atoms with Gasteiger partial charge in [-0.2, -0.15) is 5.10 Å². The second kappa shape index (κ2) is 7.10. The summed E-state index contributed by atoms with van der Waals surface area (Å²) in [6.07, 6.45) is 0. The highest BCUT2D eigenvalue weighted by atomic mass is 16.3. The van der Waals surface area contributed by atoms with Crippen LogP contribution in [0.1, 0.15) is 32.1 Å². The molecule has 0 atom stereocenters. The van der Waals surface area contributed by atoms with E-state index in [2.05, 4.69) is 16.0 Å². The Morgan fingerprint density at radius 2 is 1.54 bits per heavy atom. The molecule has 3 aromatic rings. The highest BCUT2D eigenvalue weighted by Crippen LogP contribution is 2.17. The fourth-order valence-electron chi connectivity index (χ4n) is 2.65. The van der Waals surface area contributed by atoms with Crippen LogP contribution in [0.5, 0.6) is 5.75 Å². The van der Waals surface area contributed by atoms with Crippen LogP contribution in [0, 0.1) is 13.8 Å². The number of carbonyl (C=O) groups excluding carboxylic acids is 2. The number of hydrazine groups is 1. The van der Waals surface area contributed by atoms with Gasteiger partial charge in [-0.1, -0.05) is 18.2 Å². The van der Waals surface area contributed by atoms with Crippen LogP contribution in [0.4, 0.5) is 0 Å². The van der Waals surface area contributed by atoms with Crippen LogP contribution in [0.2, 0.25) is 0 Å². The first-order chi connectivity index (χ1) is 12.5. The molecule has 7 nitrogen and oxygen atoms in total. The van der Waals surface area contributed by atoms with Crippen LogP contribution in [-0.2, 0) is 0 Å². The van der Waals surface area contributed by atoms with Gasteiger partial charge in [-0.15, -0.1) is 0 Å². The maximum absolute atomic E-state index is 12.5. The molecular weight excluding hydrogens is 332 g/mol. The average Bonchev–Trinajstić information content (AvgIpc) is 2.95. The minimum atomic E-state index is -0.482. The molecule has 1 heterocycles. The number of phenolic OH excluding ortho intramolecular Hbond substituents is 1. The van der Waals surface area contributed by atoms with E-state index >= 15 is 0 Å². The normalized spacial score (nSPS) is 10.4. The Morgan fingerprint density at radius 1 is 0.923 bits per heavy atom. The van der Waals surface area contributed by atoms with E-state index in [9.17, 15) is 14.7 Å². The molecule has 1 aromatic heterocycles. The molecule has 0 spiro atoms. The summed E-state index contributed by atoms with van der Waals surface area (Å²) >= 11 is 0. The summed E-state index contributed by atoms with van der Waals surface area (Å²) in [6.45, 7) is 3.53. The van der Waals surface area contributed by atoms with Crippen molar-refractivity contribution < 1.29 is 14.7 Å². The zero-order valence-electron chi connectivity index (χ0n) is 14.4. The van der Waals surface area contributed by atoms with Gasteiger partial charge in [-0.25, -0.2) is 4.68 Å². The van der Waals surface area contributed by atoms with Crippen molar-refractivity contribution in [3.8, 4) is 11.4 Å². The number of nitrogens with one attached hydrogen (secondary N) is 2. The zero-order chi connectivity index (χ0) is 18.7. The Bertz CT molecular complexity index is 947. The van der Waals surface area contributed by atoms with E-state index in [1.165, 1.54) is 24.3 Å². The molecule has 3 rings (SSSR count). The van der Waals surface area contributed by atoms with Gasteiger partial charge >= 0.3 is 0 Å². The van der Waals surface area contributed by atoms with Crippen LogP contribution >= 0.6 is 0 Å². The number of amides is 2. The van der Waals surface area contributed by atoms with Crippen molar-refractivity contribution in [2.75, 3.05) is 0 Å². The lowest BCUT2D eigenvalue weighted by Crippen LogP contribution is -2.42. The summed E-state index contributed by atoms with van der Waals surface area (Å²) in [7, 11) is 0. The molecule has 0 saturated carbocycles. The van der Waals surface area contributed by atoms with Crippen molar-refractivity contribution in [2.24, 2.45) is 0 Å². The number of rotatable bonds is 3. The van der Waals surface area contributed by atoms with E-state index < -0.39 is 11.8 Å². The molecule has 0 fully saturated rings. The lowest BCUT2D eigenvalue weighted by Gasteiger charge is -2.08. The molecule has 3 N–H and O–H groups in total. The van der Waals surface area contributed by atoms with Gasteiger partial charge in [0, 0.05) is 5.56 Å².